The first kappa shape index (κ1) is 23.9. The first-order valence-electron chi connectivity index (χ1n) is 12.8. The summed E-state index contributed by atoms with van der Waals surface area (Å²) in [5, 5.41) is 2.87. The molecule has 1 saturated heterocycles. The fourth-order valence-electron chi connectivity index (χ4n) is 4.98. The highest BCUT2D eigenvalue weighted by atomic mass is 16.5. The third kappa shape index (κ3) is 5.70. The third-order valence-corrected chi connectivity index (χ3v) is 7.07. The van der Waals surface area contributed by atoms with Gasteiger partial charge in [0, 0.05) is 18.7 Å². The van der Waals surface area contributed by atoms with Crippen molar-refractivity contribution < 1.29 is 19.1 Å². The average molecular weight is 485 g/mol. The van der Waals surface area contributed by atoms with Gasteiger partial charge in [-0.25, -0.2) is 0 Å². The van der Waals surface area contributed by atoms with Gasteiger partial charge in [0.1, 0.15) is 18.1 Å². The van der Waals surface area contributed by atoms with Crippen molar-refractivity contribution in [1.29, 1.82) is 0 Å². The number of benzene rings is 3. The van der Waals surface area contributed by atoms with Crippen LogP contribution in [-0.2, 0) is 11.2 Å². The number of rotatable bonds is 7. The van der Waals surface area contributed by atoms with Crippen molar-refractivity contribution in [3.8, 4) is 22.6 Å². The van der Waals surface area contributed by atoms with E-state index in [1.54, 1.807) is 0 Å². The van der Waals surface area contributed by atoms with Crippen LogP contribution in [0.3, 0.4) is 0 Å². The lowest BCUT2D eigenvalue weighted by Crippen LogP contribution is -2.41. The van der Waals surface area contributed by atoms with E-state index in [1.807, 2.05) is 71.6 Å². The lowest BCUT2D eigenvalue weighted by Gasteiger charge is -2.32. The highest BCUT2D eigenvalue weighted by Gasteiger charge is 2.24. The number of nitrogens with one attached hydrogen (secondary N) is 1. The first-order chi connectivity index (χ1) is 17.7. The molecule has 0 saturated carbocycles. The van der Waals surface area contributed by atoms with Crippen LogP contribution in [0.5, 0.6) is 11.5 Å². The molecule has 2 amide bonds. The number of aryl methyl sites for hydroxylation is 1. The second-order valence-corrected chi connectivity index (χ2v) is 9.45. The van der Waals surface area contributed by atoms with E-state index in [4.69, 9.17) is 9.47 Å². The number of fused-ring (bicyclic) bond motifs is 1. The first-order valence-corrected chi connectivity index (χ1v) is 12.8. The third-order valence-electron chi connectivity index (χ3n) is 7.07. The summed E-state index contributed by atoms with van der Waals surface area (Å²) in [6.07, 6.45) is 3.94. The van der Waals surface area contributed by atoms with E-state index < -0.39 is 0 Å². The Morgan fingerprint density at radius 3 is 2.58 bits per heavy atom. The van der Waals surface area contributed by atoms with Gasteiger partial charge < -0.3 is 19.7 Å². The Morgan fingerprint density at radius 1 is 0.972 bits per heavy atom. The summed E-state index contributed by atoms with van der Waals surface area (Å²) in [5.74, 6) is 1.93. The molecule has 6 nitrogen and oxygen atoms in total. The van der Waals surface area contributed by atoms with Gasteiger partial charge in [-0.15, -0.1) is 0 Å². The molecule has 0 spiro atoms. The molecular formula is C30H32N2O4. The summed E-state index contributed by atoms with van der Waals surface area (Å²) in [6.45, 7) is 2.60. The quantitative estimate of drug-likeness (QED) is 0.527. The van der Waals surface area contributed by atoms with E-state index in [9.17, 15) is 9.59 Å². The van der Waals surface area contributed by atoms with Gasteiger partial charge in [-0.3, -0.25) is 9.59 Å². The minimum atomic E-state index is -0.0650. The van der Waals surface area contributed by atoms with Gasteiger partial charge in [0.25, 0.3) is 11.8 Å². The van der Waals surface area contributed by atoms with Crippen LogP contribution in [0.15, 0.2) is 72.8 Å². The number of para-hydroxylation sites is 1. The minimum absolute atomic E-state index is 0.0353. The molecule has 0 atom stereocenters. The van der Waals surface area contributed by atoms with Crippen molar-refractivity contribution in [1.82, 2.24) is 10.2 Å². The number of nitrogens with zero attached hydrogens (tertiary/aromatic N) is 1. The maximum Gasteiger partial charge on any atom is 0.260 e. The van der Waals surface area contributed by atoms with Gasteiger partial charge in [0.2, 0.25) is 0 Å². The van der Waals surface area contributed by atoms with Crippen molar-refractivity contribution in [3.63, 3.8) is 0 Å². The number of piperidine rings is 1. The maximum absolute atomic E-state index is 12.9. The lowest BCUT2D eigenvalue weighted by atomic mass is 9.90. The van der Waals surface area contributed by atoms with Crippen LogP contribution in [0.1, 0.15) is 35.2 Å². The Kier molecular flexibility index (Phi) is 7.50. The molecule has 2 aliphatic heterocycles. The SMILES string of the molecule is O=C1NCCOc2ccc(CCC3CCN(C(=O)COc4ccccc4-c4ccccc4)CC3)cc21. The predicted octanol–water partition coefficient (Wildman–Crippen LogP) is 4.73. The van der Waals surface area contributed by atoms with Crippen LogP contribution >= 0.6 is 0 Å². The topological polar surface area (TPSA) is 67.9 Å². The van der Waals surface area contributed by atoms with Gasteiger partial charge in [-0.2, -0.15) is 0 Å². The Bertz CT molecular complexity index is 1200. The fourth-order valence-corrected chi connectivity index (χ4v) is 4.98. The van der Waals surface area contributed by atoms with Crippen molar-refractivity contribution in [2.75, 3.05) is 32.8 Å². The Balaban J connectivity index is 1.10. The largest absolute Gasteiger partial charge is 0.491 e. The van der Waals surface area contributed by atoms with Gasteiger partial charge >= 0.3 is 0 Å². The van der Waals surface area contributed by atoms with Crippen LogP contribution in [0.25, 0.3) is 11.1 Å². The molecule has 0 bridgehead atoms. The van der Waals surface area contributed by atoms with E-state index in [1.165, 1.54) is 0 Å². The van der Waals surface area contributed by atoms with Crippen LogP contribution < -0.4 is 14.8 Å². The zero-order valence-corrected chi connectivity index (χ0v) is 20.4. The number of hydrogen-bond donors (Lipinski definition) is 1. The number of likely N-dealkylation sites (tertiary alicyclic amines) is 1. The molecular weight excluding hydrogens is 452 g/mol. The summed E-state index contributed by atoms with van der Waals surface area (Å²) in [6, 6.07) is 23.8. The summed E-state index contributed by atoms with van der Waals surface area (Å²) in [7, 11) is 0. The summed E-state index contributed by atoms with van der Waals surface area (Å²) in [4.78, 5) is 27.0. The zero-order valence-electron chi connectivity index (χ0n) is 20.4. The monoisotopic (exact) mass is 484 g/mol. The molecule has 0 aromatic heterocycles. The fraction of sp³-hybridized carbons (Fsp3) is 0.333. The molecule has 5 rings (SSSR count). The Labute approximate surface area is 212 Å². The van der Waals surface area contributed by atoms with E-state index in [2.05, 4.69) is 11.4 Å². The minimum Gasteiger partial charge on any atom is -0.491 e. The van der Waals surface area contributed by atoms with Crippen molar-refractivity contribution in [2.24, 2.45) is 5.92 Å². The highest BCUT2D eigenvalue weighted by Crippen LogP contribution is 2.30. The Morgan fingerprint density at radius 2 is 1.75 bits per heavy atom. The maximum atomic E-state index is 12.9. The molecule has 0 radical (unpaired) electrons. The van der Waals surface area contributed by atoms with E-state index >= 15 is 0 Å². The molecule has 6 heteroatoms. The van der Waals surface area contributed by atoms with Crippen molar-refractivity contribution in [2.45, 2.75) is 25.7 Å². The molecule has 0 aliphatic carbocycles. The van der Waals surface area contributed by atoms with Gasteiger partial charge in [0.05, 0.1) is 12.1 Å². The number of carbonyl (C=O) groups excluding carboxylic acids is 2. The van der Waals surface area contributed by atoms with Gasteiger partial charge in [-0.1, -0.05) is 54.6 Å². The molecule has 2 aliphatic rings. The molecule has 3 aromatic rings. The Hall–Kier alpha value is -3.80. The van der Waals surface area contributed by atoms with Crippen LogP contribution in [0.2, 0.25) is 0 Å². The summed E-state index contributed by atoms with van der Waals surface area (Å²) >= 11 is 0. The van der Waals surface area contributed by atoms with Gasteiger partial charge in [-0.05, 0) is 60.9 Å². The molecule has 3 aromatic carbocycles. The molecule has 2 heterocycles. The molecule has 1 N–H and O–H groups in total. The zero-order chi connectivity index (χ0) is 24.7. The summed E-state index contributed by atoms with van der Waals surface area (Å²) in [5.41, 5.74) is 3.84. The molecule has 0 unspecified atom stereocenters. The standard InChI is InChI=1S/C30H32N2O4/c33-29(21-36-27-9-5-4-8-25(27)24-6-2-1-3-7-24)32-17-14-22(15-18-32)10-11-23-12-13-28-26(20-23)30(34)31-16-19-35-28/h1-9,12-13,20,22H,10-11,14-19,21H2,(H,31,34). The van der Waals surface area contributed by atoms with Gasteiger partial charge in [0.15, 0.2) is 6.61 Å². The highest BCUT2D eigenvalue weighted by molar-refractivity contribution is 5.97. The summed E-state index contributed by atoms with van der Waals surface area (Å²) < 4.78 is 11.6. The van der Waals surface area contributed by atoms with E-state index in [-0.39, 0.29) is 18.4 Å². The average Bonchev–Trinajstić information content (AvgIpc) is 3.12. The second-order valence-electron chi connectivity index (χ2n) is 9.45. The van der Waals surface area contributed by atoms with Crippen LogP contribution in [-0.4, -0.2) is 49.6 Å². The van der Waals surface area contributed by atoms with E-state index in [0.717, 1.165) is 61.2 Å². The molecule has 36 heavy (non-hydrogen) atoms. The van der Waals surface area contributed by atoms with E-state index in [0.29, 0.717) is 30.4 Å². The van der Waals surface area contributed by atoms with Crippen molar-refractivity contribution >= 4 is 11.8 Å². The second kappa shape index (κ2) is 11.3. The van der Waals surface area contributed by atoms with Crippen LogP contribution in [0.4, 0.5) is 0 Å². The molecule has 186 valence electrons. The number of amides is 2. The predicted molar refractivity (Wildman–Crippen MR) is 139 cm³/mol. The number of ether oxygens (including phenoxy) is 2. The van der Waals surface area contributed by atoms with Crippen molar-refractivity contribution in [3.05, 3.63) is 83.9 Å². The smallest absolute Gasteiger partial charge is 0.260 e. The number of carbonyl (C=O) groups is 2. The number of hydrogen-bond acceptors (Lipinski definition) is 4. The lowest BCUT2D eigenvalue weighted by molar-refractivity contribution is -0.134. The van der Waals surface area contributed by atoms with Crippen LogP contribution in [0, 0.1) is 5.92 Å². The molecule has 1 fully saturated rings. The normalized spacial score (nSPS) is 15.9.